The summed E-state index contributed by atoms with van der Waals surface area (Å²) in [6.07, 6.45) is 0. The molecule has 3 rings (SSSR count). The third-order valence-electron chi connectivity index (χ3n) is 3.96. The molecule has 0 aliphatic heterocycles. The number of benzene rings is 2. The summed E-state index contributed by atoms with van der Waals surface area (Å²) in [5.74, 6) is 0.103. The van der Waals surface area contributed by atoms with E-state index in [0.29, 0.717) is 44.2 Å². The maximum atomic E-state index is 12.5. The maximum absolute atomic E-state index is 12.5. The Kier molecular flexibility index (Phi) is 6.48. The summed E-state index contributed by atoms with van der Waals surface area (Å²) < 4.78 is 6.75. The van der Waals surface area contributed by atoms with Crippen LogP contribution in [0.3, 0.4) is 0 Å². The van der Waals surface area contributed by atoms with Crippen molar-refractivity contribution in [1.29, 1.82) is 0 Å². The fourth-order valence-corrected chi connectivity index (χ4v) is 3.71. The van der Waals surface area contributed by atoms with Crippen LogP contribution >= 0.6 is 50.7 Å². The number of imidazole rings is 1. The molecule has 0 saturated heterocycles. The average molecular weight is 489 g/mol. The summed E-state index contributed by atoms with van der Waals surface area (Å²) in [6.45, 7) is 0.297. The minimum Gasteiger partial charge on any atom is -0.464 e. The second-order valence-electron chi connectivity index (χ2n) is 5.69. The summed E-state index contributed by atoms with van der Waals surface area (Å²) in [5.41, 5.74) is 2.45. The molecule has 0 N–H and O–H groups in total. The third kappa shape index (κ3) is 4.32. The second kappa shape index (κ2) is 8.65. The smallest absolute Gasteiger partial charge is 0.356 e. The van der Waals surface area contributed by atoms with E-state index < -0.39 is 5.97 Å². The van der Waals surface area contributed by atoms with Crippen LogP contribution in [0, 0.1) is 0 Å². The van der Waals surface area contributed by atoms with Crippen molar-refractivity contribution < 1.29 is 9.53 Å². The Balaban J connectivity index is 2.23. The zero-order valence-corrected chi connectivity index (χ0v) is 18.0. The Morgan fingerprint density at radius 2 is 1.89 bits per heavy atom. The molecule has 2 aromatic carbocycles. The van der Waals surface area contributed by atoms with Gasteiger partial charge in [-0.1, -0.05) is 62.9 Å². The lowest BCUT2D eigenvalue weighted by atomic mass is 10.2. The average Bonchev–Trinajstić information content (AvgIpc) is 3.02. The van der Waals surface area contributed by atoms with E-state index in [2.05, 4.69) is 20.9 Å². The van der Waals surface area contributed by atoms with Crippen LogP contribution in [0.2, 0.25) is 15.1 Å². The second-order valence-corrected chi connectivity index (χ2v) is 7.53. The van der Waals surface area contributed by atoms with E-state index in [1.54, 1.807) is 34.9 Å². The lowest BCUT2D eigenvalue weighted by Crippen LogP contribution is -2.14. The van der Waals surface area contributed by atoms with Gasteiger partial charge in [0, 0.05) is 26.0 Å². The summed E-state index contributed by atoms with van der Waals surface area (Å²) in [7, 11) is 1.34. The fourth-order valence-electron chi connectivity index (χ4n) is 2.76. The van der Waals surface area contributed by atoms with Gasteiger partial charge in [-0.2, -0.15) is 0 Å². The Morgan fingerprint density at radius 3 is 2.56 bits per heavy atom. The van der Waals surface area contributed by atoms with Gasteiger partial charge < -0.3 is 9.30 Å². The molecule has 0 fully saturated rings. The Morgan fingerprint density at radius 1 is 1.15 bits per heavy atom. The van der Waals surface area contributed by atoms with E-state index in [-0.39, 0.29) is 0 Å². The largest absolute Gasteiger partial charge is 0.464 e. The van der Waals surface area contributed by atoms with Crippen LogP contribution in [0.1, 0.15) is 21.7 Å². The number of rotatable bonds is 5. The van der Waals surface area contributed by atoms with Crippen LogP contribution in [0.15, 0.2) is 42.5 Å². The fraction of sp³-hybridized carbons (Fsp3) is 0.158. The number of alkyl halides is 1. The summed E-state index contributed by atoms with van der Waals surface area (Å²) in [5, 5.41) is 2.06. The number of aromatic nitrogens is 2. The molecule has 0 atom stereocenters. The van der Waals surface area contributed by atoms with Crippen molar-refractivity contribution in [2.75, 3.05) is 7.11 Å². The molecule has 0 unspecified atom stereocenters. The van der Waals surface area contributed by atoms with Crippen molar-refractivity contribution in [2.45, 2.75) is 11.9 Å². The number of carbonyl (C=O) groups excluding carboxylic acids is 1. The number of esters is 1. The highest BCUT2D eigenvalue weighted by atomic mass is 79.9. The summed E-state index contributed by atoms with van der Waals surface area (Å²) >= 11 is 22.0. The predicted molar refractivity (Wildman–Crippen MR) is 112 cm³/mol. The first-order valence-electron chi connectivity index (χ1n) is 7.88. The predicted octanol–water partition coefficient (Wildman–Crippen LogP) is 6.24. The number of carbonyl (C=O) groups is 1. The van der Waals surface area contributed by atoms with Gasteiger partial charge in [-0.25, -0.2) is 9.78 Å². The SMILES string of the molecule is COC(=O)c1c(CBr)nc(-c2cccc(Cl)c2)n1Cc1cc(Cl)ccc1Cl. The van der Waals surface area contributed by atoms with Crippen molar-refractivity contribution in [2.24, 2.45) is 0 Å². The van der Waals surface area contributed by atoms with Crippen LogP contribution in [-0.2, 0) is 16.6 Å². The maximum Gasteiger partial charge on any atom is 0.356 e. The van der Waals surface area contributed by atoms with Gasteiger partial charge in [0.25, 0.3) is 0 Å². The topological polar surface area (TPSA) is 44.1 Å². The first-order valence-corrected chi connectivity index (χ1v) is 10.1. The quantitative estimate of drug-likeness (QED) is 0.315. The van der Waals surface area contributed by atoms with Crippen molar-refractivity contribution in [1.82, 2.24) is 9.55 Å². The molecule has 0 amide bonds. The van der Waals surface area contributed by atoms with Crippen molar-refractivity contribution >= 4 is 56.7 Å². The number of nitrogens with zero attached hydrogens (tertiary/aromatic N) is 2. The third-order valence-corrected chi connectivity index (χ3v) is 5.33. The minimum atomic E-state index is -0.483. The van der Waals surface area contributed by atoms with Crippen molar-refractivity contribution in [3.8, 4) is 11.4 Å². The molecule has 0 bridgehead atoms. The van der Waals surface area contributed by atoms with Crippen LogP contribution in [0.4, 0.5) is 0 Å². The van der Waals surface area contributed by atoms with E-state index in [4.69, 9.17) is 39.5 Å². The van der Waals surface area contributed by atoms with Gasteiger partial charge in [0.15, 0.2) is 5.69 Å². The van der Waals surface area contributed by atoms with E-state index in [1.807, 2.05) is 12.1 Å². The summed E-state index contributed by atoms with van der Waals surface area (Å²) in [4.78, 5) is 17.1. The highest BCUT2D eigenvalue weighted by Gasteiger charge is 2.24. The highest BCUT2D eigenvalue weighted by Crippen LogP contribution is 2.30. The Bertz CT molecular complexity index is 1000. The van der Waals surface area contributed by atoms with Gasteiger partial charge in [0.1, 0.15) is 5.82 Å². The molecule has 3 aromatic rings. The van der Waals surface area contributed by atoms with Crippen LogP contribution in [0.5, 0.6) is 0 Å². The number of halogens is 4. The van der Waals surface area contributed by atoms with Gasteiger partial charge in [-0.05, 0) is 35.9 Å². The van der Waals surface area contributed by atoms with E-state index in [9.17, 15) is 4.79 Å². The van der Waals surface area contributed by atoms with E-state index in [1.165, 1.54) is 7.11 Å². The Labute approximate surface area is 180 Å². The molecule has 4 nitrogen and oxygen atoms in total. The van der Waals surface area contributed by atoms with Crippen LogP contribution in [-0.4, -0.2) is 22.6 Å². The zero-order valence-electron chi connectivity index (χ0n) is 14.2. The molecule has 140 valence electrons. The molecular formula is C19H14BrCl3N2O2. The molecule has 27 heavy (non-hydrogen) atoms. The van der Waals surface area contributed by atoms with Gasteiger partial charge in [0.05, 0.1) is 19.3 Å². The standard InChI is InChI=1S/C19H14BrCl3N2O2/c1-27-19(26)17-16(9-20)24-18(11-3-2-4-13(21)7-11)25(17)10-12-8-14(22)5-6-15(12)23/h2-8H,9-10H2,1H3. The van der Waals surface area contributed by atoms with Gasteiger partial charge in [0.2, 0.25) is 0 Å². The molecule has 0 saturated carbocycles. The van der Waals surface area contributed by atoms with Crippen LogP contribution < -0.4 is 0 Å². The molecule has 1 heterocycles. The van der Waals surface area contributed by atoms with Gasteiger partial charge >= 0.3 is 5.97 Å². The molecule has 0 aliphatic carbocycles. The van der Waals surface area contributed by atoms with E-state index in [0.717, 1.165) is 11.1 Å². The minimum absolute atomic E-state index is 0.297. The monoisotopic (exact) mass is 486 g/mol. The number of hydrogen-bond donors (Lipinski definition) is 0. The number of methoxy groups -OCH3 is 1. The molecule has 0 spiro atoms. The lowest BCUT2D eigenvalue weighted by Gasteiger charge is -2.13. The van der Waals surface area contributed by atoms with Crippen molar-refractivity contribution in [3.63, 3.8) is 0 Å². The first kappa shape index (κ1) is 20.2. The van der Waals surface area contributed by atoms with Crippen molar-refractivity contribution in [3.05, 3.63) is 74.5 Å². The lowest BCUT2D eigenvalue weighted by molar-refractivity contribution is 0.0588. The first-order chi connectivity index (χ1) is 12.9. The van der Waals surface area contributed by atoms with E-state index >= 15 is 0 Å². The molecule has 0 aliphatic rings. The van der Waals surface area contributed by atoms with Crippen LogP contribution in [0.25, 0.3) is 11.4 Å². The Hall–Kier alpha value is -1.53. The highest BCUT2D eigenvalue weighted by molar-refractivity contribution is 9.08. The number of ether oxygens (including phenoxy) is 1. The van der Waals surface area contributed by atoms with Gasteiger partial charge in [-0.15, -0.1) is 0 Å². The zero-order chi connectivity index (χ0) is 19.6. The number of hydrogen-bond acceptors (Lipinski definition) is 3. The molecular weight excluding hydrogens is 474 g/mol. The molecule has 8 heteroatoms. The normalized spacial score (nSPS) is 10.9. The summed E-state index contributed by atoms with van der Waals surface area (Å²) in [6, 6.07) is 12.5. The molecule has 1 aromatic heterocycles. The van der Waals surface area contributed by atoms with Gasteiger partial charge in [-0.3, -0.25) is 0 Å². The molecule has 0 radical (unpaired) electrons.